The molecule has 1 aliphatic rings. The number of benzene rings is 1. The largest absolute Gasteiger partial charge is 0.364 e. The highest BCUT2D eigenvalue weighted by atomic mass is 32.2. The molecule has 100 valence electrons. The SMILES string of the molecule is CS(=O)(=O)N1CCN(c2c(F)cccc2F)CC1. The zero-order valence-corrected chi connectivity index (χ0v) is 10.8. The van der Waals surface area contributed by atoms with Crippen molar-refractivity contribution in [3.8, 4) is 0 Å². The van der Waals surface area contributed by atoms with Crippen molar-refractivity contribution in [1.82, 2.24) is 4.31 Å². The Morgan fingerprint density at radius 2 is 1.56 bits per heavy atom. The van der Waals surface area contributed by atoms with E-state index in [2.05, 4.69) is 0 Å². The fourth-order valence-electron chi connectivity index (χ4n) is 2.03. The molecule has 4 nitrogen and oxygen atoms in total. The summed E-state index contributed by atoms with van der Waals surface area (Å²) < 4.78 is 51.1. The number of para-hydroxylation sites is 1. The van der Waals surface area contributed by atoms with Crippen LogP contribution in [0, 0.1) is 11.6 Å². The number of rotatable bonds is 2. The Morgan fingerprint density at radius 1 is 1.06 bits per heavy atom. The van der Waals surface area contributed by atoms with Crippen LogP contribution in [0.15, 0.2) is 18.2 Å². The van der Waals surface area contributed by atoms with Gasteiger partial charge in [0, 0.05) is 26.2 Å². The van der Waals surface area contributed by atoms with Crippen molar-refractivity contribution in [2.24, 2.45) is 0 Å². The number of hydrogen-bond donors (Lipinski definition) is 0. The number of halogens is 2. The average molecular weight is 276 g/mol. The van der Waals surface area contributed by atoms with Crippen LogP contribution in [0.25, 0.3) is 0 Å². The predicted octanol–water partition coefficient (Wildman–Crippen LogP) is 1.05. The van der Waals surface area contributed by atoms with Gasteiger partial charge in [-0.15, -0.1) is 0 Å². The van der Waals surface area contributed by atoms with Crippen molar-refractivity contribution in [3.63, 3.8) is 0 Å². The van der Waals surface area contributed by atoms with Crippen LogP contribution >= 0.6 is 0 Å². The summed E-state index contributed by atoms with van der Waals surface area (Å²) in [5.41, 5.74) is -0.0781. The lowest BCUT2D eigenvalue weighted by Gasteiger charge is -2.34. The molecule has 7 heteroatoms. The van der Waals surface area contributed by atoms with Crippen LogP contribution in [0.1, 0.15) is 0 Å². The van der Waals surface area contributed by atoms with E-state index in [4.69, 9.17) is 0 Å². The highest BCUT2D eigenvalue weighted by Crippen LogP contribution is 2.24. The van der Waals surface area contributed by atoms with Gasteiger partial charge in [0.25, 0.3) is 0 Å². The van der Waals surface area contributed by atoms with Crippen LogP contribution in [0.3, 0.4) is 0 Å². The zero-order valence-electron chi connectivity index (χ0n) is 9.94. The molecule has 1 aliphatic heterocycles. The lowest BCUT2D eigenvalue weighted by atomic mass is 10.2. The Morgan fingerprint density at radius 3 is 2.00 bits per heavy atom. The van der Waals surface area contributed by atoms with Gasteiger partial charge in [0.15, 0.2) is 0 Å². The Labute approximate surface area is 105 Å². The summed E-state index contributed by atoms with van der Waals surface area (Å²) in [5.74, 6) is -1.24. The minimum Gasteiger partial charge on any atom is -0.364 e. The van der Waals surface area contributed by atoms with Gasteiger partial charge in [0.1, 0.15) is 17.3 Å². The van der Waals surface area contributed by atoms with Gasteiger partial charge in [-0.2, -0.15) is 4.31 Å². The average Bonchev–Trinajstić information content (AvgIpc) is 2.28. The molecule has 1 saturated heterocycles. The van der Waals surface area contributed by atoms with E-state index in [0.717, 1.165) is 6.26 Å². The molecule has 0 aromatic heterocycles. The maximum Gasteiger partial charge on any atom is 0.211 e. The summed E-state index contributed by atoms with van der Waals surface area (Å²) >= 11 is 0. The van der Waals surface area contributed by atoms with E-state index in [1.54, 1.807) is 0 Å². The first-order valence-corrected chi connectivity index (χ1v) is 7.38. The van der Waals surface area contributed by atoms with Crippen LogP contribution in [0.4, 0.5) is 14.5 Å². The molecule has 0 radical (unpaired) electrons. The molecule has 0 saturated carbocycles. The summed E-state index contributed by atoms with van der Waals surface area (Å²) in [6.07, 6.45) is 1.13. The molecule has 1 aromatic carbocycles. The van der Waals surface area contributed by atoms with Gasteiger partial charge >= 0.3 is 0 Å². The third kappa shape index (κ3) is 2.62. The minimum absolute atomic E-state index is 0.0781. The lowest BCUT2D eigenvalue weighted by Crippen LogP contribution is -2.48. The van der Waals surface area contributed by atoms with Crippen molar-refractivity contribution in [1.29, 1.82) is 0 Å². The molecule has 0 bridgehead atoms. The second-order valence-electron chi connectivity index (χ2n) is 4.22. The number of sulfonamides is 1. The topological polar surface area (TPSA) is 40.6 Å². The predicted molar refractivity (Wildman–Crippen MR) is 65.0 cm³/mol. The molecule has 0 amide bonds. The molecule has 1 aromatic rings. The first-order valence-electron chi connectivity index (χ1n) is 5.53. The standard InChI is InChI=1S/C11H14F2N2O2S/c1-18(16,17)15-7-5-14(6-8-15)11-9(12)3-2-4-10(11)13/h2-4H,5-8H2,1H3. The summed E-state index contributed by atoms with van der Waals surface area (Å²) in [6, 6.07) is 3.70. The smallest absolute Gasteiger partial charge is 0.211 e. The molecule has 1 fully saturated rings. The second kappa shape index (κ2) is 4.81. The van der Waals surface area contributed by atoms with E-state index >= 15 is 0 Å². The molecule has 0 aliphatic carbocycles. The summed E-state index contributed by atoms with van der Waals surface area (Å²) in [6.45, 7) is 1.05. The van der Waals surface area contributed by atoms with Gasteiger partial charge in [-0.3, -0.25) is 0 Å². The van der Waals surface area contributed by atoms with Gasteiger partial charge in [0.05, 0.1) is 6.26 Å². The summed E-state index contributed by atoms with van der Waals surface area (Å²) in [5, 5.41) is 0. The van der Waals surface area contributed by atoms with Gasteiger partial charge in [-0.05, 0) is 12.1 Å². The third-order valence-electron chi connectivity index (χ3n) is 2.96. The van der Waals surface area contributed by atoms with Gasteiger partial charge in [0.2, 0.25) is 10.0 Å². The first kappa shape index (κ1) is 13.2. The normalized spacial score (nSPS) is 18.1. The maximum absolute atomic E-state index is 13.6. The summed E-state index contributed by atoms with van der Waals surface area (Å²) in [7, 11) is -3.23. The van der Waals surface area contributed by atoms with E-state index in [0.29, 0.717) is 0 Å². The zero-order chi connectivity index (χ0) is 13.3. The third-order valence-corrected chi connectivity index (χ3v) is 4.26. The molecule has 18 heavy (non-hydrogen) atoms. The van der Waals surface area contributed by atoms with Gasteiger partial charge in [-0.25, -0.2) is 17.2 Å². The van der Waals surface area contributed by atoms with Gasteiger partial charge < -0.3 is 4.90 Å². The van der Waals surface area contributed by atoms with Crippen molar-refractivity contribution in [2.75, 3.05) is 37.3 Å². The van der Waals surface area contributed by atoms with E-state index in [1.165, 1.54) is 27.4 Å². The molecule has 1 heterocycles. The van der Waals surface area contributed by atoms with Crippen molar-refractivity contribution in [3.05, 3.63) is 29.8 Å². The van der Waals surface area contributed by atoms with Crippen LogP contribution in [0.2, 0.25) is 0 Å². The maximum atomic E-state index is 13.6. The van der Waals surface area contributed by atoms with Gasteiger partial charge in [-0.1, -0.05) is 6.07 Å². The highest BCUT2D eigenvalue weighted by Gasteiger charge is 2.26. The van der Waals surface area contributed by atoms with Crippen LogP contribution in [0.5, 0.6) is 0 Å². The monoisotopic (exact) mass is 276 g/mol. The molecule has 0 N–H and O–H groups in total. The Bertz CT molecular complexity index is 520. The van der Waals surface area contributed by atoms with Crippen LogP contribution in [-0.4, -0.2) is 45.2 Å². The highest BCUT2D eigenvalue weighted by molar-refractivity contribution is 7.88. The van der Waals surface area contributed by atoms with Crippen LogP contribution in [-0.2, 0) is 10.0 Å². The first-order chi connectivity index (χ1) is 8.39. The fourth-order valence-corrected chi connectivity index (χ4v) is 2.86. The van der Waals surface area contributed by atoms with E-state index in [9.17, 15) is 17.2 Å². The number of nitrogens with zero attached hydrogens (tertiary/aromatic N) is 2. The summed E-state index contributed by atoms with van der Waals surface area (Å²) in [4.78, 5) is 1.53. The van der Waals surface area contributed by atoms with Crippen molar-refractivity contribution >= 4 is 15.7 Å². The lowest BCUT2D eigenvalue weighted by molar-refractivity contribution is 0.384. The van der Waals surface area contributed by atoms with Crippen molar-refractivity contribution in [2.45, 2.75) is 0 Å². The Kier molecular flexibility index (Phi) is 3.54. The molecule has 0 unspecified atom stereocenters. The van der Waals surface area contributed by atoms with E-state index < -0.39 is 21.7 Å². The molecule has 0 atom stereocenters. The molecule has 0 spiro atoms. The quantitative estimate of drug-likeness (QED) is 0.810. The molecular weight excluding hydrogens is 262 g/mol. The van der Waals surface area contributed by atoms with E-state index in [1.807, 2.05) is 0 Å². The number of hydrogen-bond acceptors (Lipinski definition) is 3. The Hall–Kier alpha value is -1.21. The second-order valence-corrected chi connectivity index (χ2v) is 6.20. The Balaban J connectivity index is 2.15. The molecule has 2 rings (SSSR count). The molecular formula is C11H14F2N2O2S. The minimum atomic E-state index is -3.23. The fraction of sp³-hybridized carbons (Fsp3) is 0.455. The number of piperazine rings is 1. The number of anilines is 1. The van der Waals surface area contributed by atoms with E-state index in [-0.39, 0.29) is 31.9 Å². The van der Waals surface area contributed by atoms with Crippen molar-refractivity contribution < 1.29 is 17.2 Å². The van der Waals surface area contributed by atoms with Crippen LogP contribution < -0.4 is 4.90 Å².